The lowest BCUT2D eigenvalue weighted by Crippen LogP contribution is -2.37. The van der Waals surface area contributed by atoms with Gasteiger partial charge < -0.3 is 4.90 Å². The van der Waals surface area contributed by atoms with Crippen molar-refractivity contribution in [1.29, 1.82) is 0 Å². The Hall–Kier alpha value is -0.0400. The lowest BCUT2D eigenvalue weighted by atomic mass is 9.72. The molecule has 1 aliphatic heterocycles. The Kier molecular flexibility index (Phi) is 3.26. The Labute approximate surface area is 82.5 Å². The summed E-state index contributed by atoms with van der Waals surface area (Å²) >= 11 is 0. The predicted octanol–water partition coefficient (Wildman–Crippen LogP) is 2.91. The van der Waals surface area contributed by atoms with Crippen LogP contribution in [0.25, 0.3) is 0 Å². The minimum absolute atomic E-state index is 1.10. The highest BCUT2D eigenvalue weighted by atomic mass is 15.1. The number of rotatable bonds is 3. The van der Waals surface area contributed by atoms with Crippen LogP contribution >= 0.6 is 0 Å². The van der Waals surface area contributed by atoms with Gasteiger partial charge in [-0.2, -0.15) is 0 Å². The molecule has 1 saturated heterocycles. The van der Waals surface area contributed by atoms with Crippen LogP contribution in [0, 0.1) is 11.8 Å². The van der Waals surface area contributed by atoms with Crippen molar-refractivity contribution in [3.63, 3.8) is 0 Å². The van der Waals surface area contributed by atoms with Crippen molar-refractivity contribution in [3.05, 3.63) is 0 Å². The second kappa shape index (κ2) is 4.45. The molecule has 13 heavy (non-hydrogen) atoms. The van der Waals surface area contributed by atoms with E-state index in [9.17, 15) is 0 Å². The van der Waals surface area contributed by atoms with Crippen molar-refractivity contribution in [1.82, 2.24) is 4.90 Å². The lowest BCUT2D eigenvalue weighted by Gasteiger charge is -2.39. The lowest BCUT2D eigenvalue weighted by molar-refractivity contribution is 0.108. The Morgan fingerprint density at radius 1 is 1.00 bits per heavy atom. The molecule has 1 saturated carbocycles. The number of nitrogens with zero attached hydrogens (tertiary/aromatic N) is 1. The standard InChI is InChI=1S/C12H23N/c1-2-8-13-9-6-12(7-10-13)11-4-3-5-11/h11-12H,2-10H2,1H3. The topological polar surface area (TPSA) is 3.24 Å². The van der Waals surface area contributed by atoms with Crippen molar-refractivity contribution in [2.45, 2.75) is 45.4 Å². The first-order valence-corrected chi connectivity index (χ1v) is 6.12. The molecule has 0 amide bonds. The normalized spacial score (nSPS) is 27.5. The van der Waals surface area contributed by atoms with E-state index in [-0.39, 0.29) is 0 Å². The maximum Gasteiger partial charge on any atom is -0.00160 e. The van der Waals surface area contributed by atoms with E-state index in [0.717, 1.165) is 11.8 Å². The van der Waals surface area contributed by atoms with Crippen LogP contribution in [-0.2, 0) is 0 Å². The van der Waals surface area contributed by atoms with E-state index in [4.69, 9.17) is 0 Å². The Morgan fingerprint density at radius 2 is 1.62 bits per heavy atom. The number of piperidine rings is 1. The van der Waals surface area contributed by atoms with E-state index >= 15 is 0 Å². The second-order valence-corrected chi connectivity index (χ2v) is 4.87. The number of likely N-dealkylation sites (tertiary alicyclic amines) is 1. The summed E-state index contributed by atoms with van der Waals surface area (Å²) in [5.41, 5.74) is 0. The van der Waals surface area contributed by atoms with Crippen molar-refractivity contribution in [2.24, 2.45) is 11.8 Å². The zero-order valence-corrected chi connectivity index (χ0v) is 8.97. The molecule has 0 spiro atoms. The van der Waals surface area contributed by atoms with Gasteiger partial charge >= 0.3 is 0 Å². The molecule has 0 aromatic carbocycles. The number of hydrogen-bond acceptors (Lipinski definition) is 1. The summed E-state index contributed by atoms with van der Waals surface area (Å²) in [5, 5.41) is 0. The van der Waals surface area contributed by atoms with Crippen LogP contribution in [-0.4, -0.2) is 24.5 Å². The largest absolute Gasteiger partial charge is 0.303 e. The van der Waals surface area contributed by atoms with Gasteiger partial charge in [0.05, 0.1) is 0 Å². The molecule has 2 rings (SSSR count). The van der Waals surface area contributed by atoms with Crippen molar-refractivity contribution >= 4 is 0 Å². The van der Waals surface area contributed by atoms with Gasteiger partial charge in [0.2, 0.25) is 0 Å². The van der Waals surface area contributed by atoms with Gasteiger partial charge in [-0.05, 0) is 50.7 Å². The summed E-state index contributed by atoms with van der Waals surface area (Å²) in [5.74, 6) is 2.23. The average molecular weight is 181 g/mol. The molecule has 0 atom stereocenters. The molecule has 0 radical (unpaired) electrons. The number of hydrogen-bond donors (Lipinski definition) is 0. The van der Waals surface area contributed by atoms with Crippen LogP contribution < -0.4 is 0 Å². The molecule has 0 aromatic heterocycles. The van der Waals surface area contributed by atoms with Crippen LogP contribution in [0.5, 0.6) is 0 Å². The third-order valence-electron chi connectivity index (χ3n) is 3.99. The van der Waals surface area contributed by atoms with Crippen molar-refractivity contribution in [2.75, 3.05) is 19.6 Å². The first-order valence-electron chi connectivity index (χ1n) is 6.12. The molecule has 0 N–H and O–H groups in total. The highest BCUT2D eigenvalue weighted by Crippen LogP contribution is 2.38. The molecule has 2 aliphatic rings. The van der Waals surface area contributed by atoms with Crippen LogP contribution in [0.4, 0.5) is 0 Å². The second-order valence-electron chi connectivity index (χ2n) is 4.87. The molecule has 1 heteroatoms. The van der Waals surface area contributed by atoms with E-state index in [1.54, 1.807) is 12.8 Å². The fourth-order valence-electron chi connectivity index (χ4n) is 2.88. The van der Waals surface area contributed by atoms with Crippen LogP contribution in [0.1, 0.15) is 45.4 Å². The quantitative estimate of drug-likeness (QED) is 0.647. The molecule has 0 unspecified atom stereocenters. The molecule has 1 nitrogen and oxygen atoms in total. The summed E-state index contributed by atoms with van der Waals surface area (Å²) in [6, 6.07) is 0. The van der Waals surface area contributed by atoms with Crippen molar-refractivity contribution in [3.8, 4) is 0 Å². The molecular weight excluding hydrogens is 158 g/mol. The van der Waals surface area contributed by atoms with E-state index in [2.05, 4.69) is 11.8 Å². The fourth-order valence-corrected chi connectivity index (χ4v) is 2.88. The minimum atomic E-state index is 1.10. The molecule has 76 valence electrons. The van der Waals surface area contributed by atoms with Crippen molar-refractivity contribution < 1.29 is 0 Å². The molecule has 2 fully saturated rings. The van der Waals surface area contributed by atoms with Gasteiger partial charge in [-0.25, -0.2) is 0 Å². The first-order chi connectivity index (χ1) is 6.40. The van der Waals surface area contributed by atoms with Gasteiger partial charge in [-0.15, -0.1) is 0 Å². The van der Waals surface area contributed by atoms with Gasteiger partial charge in [0.1, 0.15) is 0 Å². The summed E-state index contributed by atoms with van der Waals surface area (Å²) < 4.78 is 0. The predicted molar refractivity (Wildman–Crippen MR) is 56.8 cm³/mol. The third kappa shape index (κ3) is 2.25. The third-order valence-corrected chi connectivity index (χ3v) is 3.99. The maximum atomic E-state index is 2.65. The molecule has 1 heterocycles. The van der Waals surface area contributed by atoms with E-state index < -0.39 is 0 Å². The molecular formula is C12H23N. The summed E-state index contributed by atoms with van der Waals surface area (Å²) in [4.78, 5) is 2.65. The molecule has 1 aliphatic carbocycles. The first kappa shape index (κ1) is 9.51. The zero-order valence-electron chi connectivity index (χ0n) is 8.97. The van der Waals surface area contributed by atoms with Gasteiger partial charge in [-0.1, -0.05) is 26.2 Å². The van der Waals surface area contributed by atoms with Gasteiger partial charge in [0, 0.05) is 0 Å². The molecule has 0 aromatic rings. The maximum absolute atomic E-state index is 2.65. The van der Waals surface area contributed by atoms with Crippen LogP contribution in [0.15, 0.2) is 0 Å². The minimum Gasteiger partial charge on any atom is -0.303 e. The summed E-state index contributed by atoms with van der Waals surface area (Å²) in [6.45, 7) is 6.39. The highest BCUT2D eigenvalue weighted by molar-refractivity contribution is 4.82. The SMILES string of the molecule is CCCN1CCC(C2CCC2)CC1. The average Bonchev–Trinajstić information content (AvgIpc) is 2.06. The van der Waals surface area contributed by atoms with Crippen LogP contribution in [0.3, 0.4) is 0 Å². The van der Waals surface area contributed by atoms with Gasteiger partial charge in [0.15, 0.2) is 0 Å². The van der Waals surface area contributed by atoms with E-state index in [1.165, 1.54) is 45.3 Å². The highest BCUT2D eigenvalue weighted by Gasteiger charge is 2.29. The Bertz CT molecular complexity index is 143. The summed E-state index contributed by atoms with van der Waals surface area (Å²) in [7, 11) is 0. The smallest absolute Gasteiger partial charge is 0.00160 e. The zero-order chi connectivity index (χ0) is 9.10. The van der Waals surface area contributed by atoms with Gasteiger partial charge in [-0.3, -0.25) is 0 Å². The van der Waals surface area contributed by atoms with E-state index in [1.807, 2.05) is 0 Å². The van der Waals surface area contributed by atoms with E-state index in [0.29, 0.717) is 0 Å². The van der Waals surface area contributed by atoms with Crippen LogP contribution in [0.2, 0.25) is 0 Å². The fraction of sp³-hybridized carbons (Fsp3) is 1.00. The Balaban J connectivity index is 1.69. The monoisotopic (exact) mass is 181 g/mol. The van der Waals surface area contributed by atoms with Gasteiger partial charge in [0.25, 0.3) is 0 Å². The molecule has 0 bridgehead atoms. The Morgan fingerprint density at radius 3 is 2.08 bits per heavy atom. The summed E-state index contributed by atoms with van der Waals surface area (Å²) in [6.07, 6.45) is 8.90.